The van der Waals surface area contributed by atoms with Gasteiger partial charge in [-0.25, -0.2) is 0 Å². The van der Waals surface area contributed by atoms with E-state index in [0.717, 1.165) is 4.90 Å². The molecule has 0 aromatic heterocycles. The van der Waals surface area contributed by atoms with Crippen LogP contribution in [0, 0.1) is 5.92 Å². The van der Waals surface area contributed by atoms with E-state index >= 15 is 0 Å². The van der Waals surface area contributed by atoms with Crippen molar-refractivity contribution in [1.29, 1.82) is 0 Å². The van der Waals surface area contributed by atoms with E-state index in [2.05, 4.69) is 0 Å². The van der Waals surface area contributed by atoms with Crippen LogP contribution in [0.5, 0.6) is 0 Å². The van der Waals surface area contributed by atoms with Gasteiger partial charge in [-0.1, -0.05) is 17.7 Å². The van der Waals surface area contributed by atoms with Crippen LogP contribution in [0.4, 0.5) is 0 Å². The topological polar surface area (TPSA) is 74.7 Å². The van der Waals surface area contributed by atoms with Crippen LogP contribution in [0.25, 0.3) is 0 Å². The van der Waals surface area contributed by atoms with E-state index in [1.165, 1.54) is 12.1 Å². The molecule has 1 unspecified atom stereocenters. The number of amides is 2. The smallest absolute Gasteiger partial charge is 0.308 e. The minimum absolute atomic E-state index is 0.0838. The Balaban J connectivity index is 2.20. The fraction of sp³-hybridized carbons (Fsp3) is 0.250. The van der Waals surface area contributed by atoms with Gasteiger partial charge in [0.2, 0.25) is 5.91 Å². The Hall–Kier alpha value is -1.88. The third kappa shape index (κ3) is 2.36. The molecule has 1 aliphatic rings. The van der Waals surface area contributed by atoms with Crippen molar-refractivity contribution in [2.75, 3.05) is 6.54 Å². The van der Waals surface area contributed by atoms with Crippen molar-refractivity contribution in [2.45, 2.75) is 6.42 Å². The van der Waals surface area contributed by atoms with E-state index < -0.39 is 23.7 Å². The second kappa shape index (κ2) is 4.78. The van der Waals surface area contributed by atoms with Gasteiger partial charge in [-0.15, -0.1) is 0 Å². The lowest BCUT2D eigenvalue weighted by Crippen LogP contribution is -2.33. The molecule has 1 heterocycles. The highest BCUT2D eigenvalue weighted by molar-refractivity contribution is 6.31. The van der Waals surface area contributed by atoms with Gasteiger partial charge in [0.15, 0.2) is 0 Å². The van der Waals surface area contributed by atoms with Gasteiger partial charge in [0.25, 0.3) is 5.91 Å². The highest BCUT2D eigenvalue weighted by Gasteiger charge is 2.37. The second-order valence-corrected chi connectivity index (χ2v) is 4.50. The third-order valence-corrected chi connectivity index (χ3v) is 3.03. The maximum atomic E-state index is 12.0. The number of hydrogen-bond acceptors (Lipinski definition) is 3. The van der Waals surface area contributed by atoms with Crippen LogP contribution in [-0.4, -0.2) is 34.3 Å². The zero-order valence-electron chi connectivity index (χ0n) is 9.30. The fourth-order valence-electron chi connectivity index (χ4n) is 1.85. The van der Waals surface area contributed by atoms with Gasteiger partial charge in [0.1, 0.15) is 0 Å². The lowest BCUT2D eigenvalue weighted by Gasteiger charge is -2.13. The summed E-state index contributed by atoms with van der Waals surface area (Å²) in [6, 6.07) is 6.20. The number of rotatable bonds is 2. The number of hydrogen-bond donors (Lipinski definition) is 1. The van der Waals surface area contributed by atoms with Gasteiger partial charge in [-0.2, -0.15) is 0 Å². The van der Waals surface area contributed by atoms with Crippen LogP contribution in [-0.2, 0) is 9.59 Å². The minimum atomic E-state index is -1.07. The Kier molecular flexibility index (Phi) is 3.34. The normalized spacial score (nSPS) is 19.1. The van der Waals surface area contributed by atoms with Crippen molar-refractivity contribution in [3.63, 3.8) is 0 Å². The summed E-state index contributed by atoms with van der Waals surface area (Å²) < 4.78 is 0. The Morgan fingerprint density at radius 1 is 1.39 bits per heavy atom. The predicted molar refractivity (Wildman–Crippen MR) is 63.2 cm³/mol. The van der Waals surface area contributed by atoms with Gasteiger partial charge < -0.3 is 5.11 Å². The van der Waals surface area contributed by atoms with Crippen LogP contribution in [0.1, 0.15) is 16.8 Å². The molecular weight excluding hydrogens is 258 g/mol. The Morgan fingerprint density at radius 3 is 2.67 bits per heavy atom. The van der Waals surface area contributed by atoms with Crippen molar-refractivity contribution in [2.24, 2.45) is 5.92 Å². The molecule has 2 amide bonds. The van der Waals surface area contributed by atoms with Crippen molar-refractivity contribution >= 4 is 29.4 Å². The van der Waals surface area contributed by atoms with E-state index in [1.807, 2.05) is 0 Å². The van der Waals surface area contributed by atoms with E-state index in [4.69, 9.17) is 16.7 Å². The van der Waals surface area contributed by atoms with Crippen LogP contribution < -0.4 is 0 Å². The standard InChI is InChI=1S/C12H10ClNO4/c13-9-3-1-2-7(4-9)11(16)14-6-8(12(17)18)5-10(14)15/h1-4,8H,5-6H2,(H,17,18). The van der Waals surface area contributed by atoms with Crippen molar-refractivity contribution in [1.82, 2.24) is 4.90 Å². The molecule has 0 aliphatic carbocycles. The van der Waals surface area contributed by atoms with Crippen LogP contribution in [0.3, 0.4) is 0 Å². The van der Waals surface area contributed by atoms with Gasteiger partial charge in [0.05, 0.1) is 5.92 Å². The summed E-state index contributed by atoms with van der Waals surface area (Å²) in [5, 5.41) is 9.22. The summed E-state index contributed by atoms with van der Waals surface area (Å²) in [4.78, 5) is 35.4. The Labute approximate surface area is 108 Å². The maximum Gasteiger partial charge on any atom is 0.308 e. The summed E-state index contributed by atoms with van der Waals surface area (Å²) in [5.74, 6) is -2.86. The molecule has 0 saturated carbocycles. The Bertz CT molecular complexity index is 529. The zero-order chi connectivity index (χ0) is 13.3. The molecule has 0 spiro atoms. The molecule has 1 aromatic carbocycles. The monoisotopic (exact) mass is 267 g/mol. The first-order valence-corrected chi connectivity index (χ1v) is 5.70. The number of benzene rings is 1. The molecule has 1 aliphatic heterocycles. The third-order valence-electron chi connectivity index (χ3n) is 2.79. The number of halogens is 1. The number of aliphatic carboxylic acids is 1. The average Bonchev–Trinajstić information content (AvgIpc) is 2.70. The van der Waals surface area contributed by atoms with Gasteiger partial charge in [0, 0.05) is 23.6 Å². The van der Waals surface area contributed by atoms with Crippen molar-refractivity contribution in [3.05, 3.63) is 34.9 Å². The molecule has 0 bridgehead atoms. The van der Waals surface area contributed by atoms with Crippen LogP contribution in [0.2, 0.25) is 5.02 Å². The molecule has 1 saturated heterocycles. The first-order chi connectivity index (χ1) is 8.49. The summed E-state index contributed by atoms with van der Waals surface area (Å²) in [6.07, 6.45) is -0.137. The van der Waals surface area contributed by atoms with E-state index in [0.29, 0.717) is 5.02 Å². The average molecular weight is 268 g/mol. The number of imide groups is 1. The minimum Gasteiger partial charge on any atom is -0.481 e. The molecular formula is C12H10ClNO4. The molecule has 0 radical (unpaired) electrons. The second-order valence-electron chi connectivity index (χ2n) is 4.06. The Morgan fingerprint density at radius 2 is 2.11 bits per heavy atom. The summed E-state index contributed by atoms with van der Waals surface area (Å²) in [5.41, 5.74) is 0.280. The van der Waals surface area contributed by atoms with Crippen molar-refractivity contribution < 1.29 is 19.5 Å². The lowest BCUT2D eigenvalue weighted by atomic mass is 10.1. The first-order valence-electron chi connectivity index (χ1n) is 5.32. The highest BCUT2D eigenvalue weighted by atomic mass is 35.5. The van der Waals surface area contributed by atoms with E-state index in [-0.39, 0.29) is 18.5 Å². The molecule has 1 fully saturated rings. The largest absolute Gasteiger partial charge is 0.481 e. The molecule has 94 valence electrons. The van der Waals surface area contributed by atoms with Gasteiger partial charge >= 0.3 is 5.97 Å². The summed E-state index contributed by atoms with van der Waals surface area (Å²) >= 11 is 5.76. The van der Waals surface area contributed by atoms with Gasteiger partial charge in [-0.05, 0) is 18.2 Å². The zero-order valence-corrected chi connectivity index (χ0v) is 10.1. The number of carboxylic acid groups (broad SMARTS) is 1. The number of carbonyl (C=O) groups is 3. The molecule has 1 N–H and O–H groups in total. The quantitative estimate of drug-likeness (QED) is 0.822. The first kappa shape index (κ1) is 12.6. The summed E-state index contributed by atoms with van der Waals surface area (Å²) in [7, 11) is 0. The molecule has 18 heavy (non-hydrogen) atoms. The SMILES string of the molecule is O=C(O)C1CC(=O)N(C(=O)c2cccc(Cl)c2)C1. The van der Waals surface area contributed by atoms with E-state index in [9.17, 15) is 14.4 Å². The number of carboxylic acids is 1. The van der Waals surface area contributed by atoms with Crippen molar-refractivity contribution in [3.8, 4) is 0 Å². The highest BCUT2D eigenvalue weighted by Crippen LogP contribution is 2.21. The molecule has 2 rings (SSSR count). The predicted octanol–water partition coefficient (Wildman–Crippen LogP) is 1.41. The molecule has 6 heteroatoms. The molecule has 1 atom stereocenters. The van der Waals surface area contributed by atoms with E-state index in [1.54, 1.807) is 12.1 Å². The molecule has 5 nitrogen and oxygen atoms in total. The lowest BCUT2D eigenvalue weighted by molar-refractivity contribution is -0.141. The van der Waals surface area contributed by atoms with Crippen LogP contribution in [0.15, 0.2) is 24.3 Å². The van der Waals surface area contributed by atoms with Gasteiger partial charge in [-0.3, -0.25) is 19.3 Å². The number of likely N-dealkylation sites (tertiary alicyclic amines) is 1. The van der Waals surface area contributed by atoms with Crippen LogP contribution >= 0.6 is 11.6 Å². The summed E-state index contributed by atoms with van der Waals surface area (Å²) in [6.45, 7) is -0.0838. The molecule has 1 aromatic rings. The maximum absolute atomic E-state index is 12.0. The number of nitrogens with zero attached hydrogens (tertiary/aromatic N) is 1. The fourth-order valence-corrected chi connectivity index (χ4v) is 2.04. The number of carbonyl (C=O) groups excluding carboxylic acids is 2.